The van der Waals surface area contributed by atoms with Crippen molar-refractivity contribution in [2.24, 2.45) is 5.92 Å². The highest BCUT2D eigenvalue weighted by molar-refractivity contribution is 4.66. The fourth-order valence-corrected chi connectivity index (χ4v) is 1.25. The van der Waals surface area contributed by atoms with Gasteiger partial charge in [-0.05, 0) is 26.2 Å². The van der Waals surface area contributed by atoms with Crippen LogP contribution >= 0.6 is 0 Å². The normalized spacial score (nSPS) is 18.0. The van der Waals surface area contributed by atoms with Crippen molar-refractivity contribution in [1.29, 1.82) is 0 Å². The highest BCUT2D eigenvalue weighted by Gasteiger charge is 2.24. The summed E-state index contributed by atoms with van der Waals surface area (Å²) in [6.07, 6.45) is -0.975. The number of alkyl halides is 3. The Morgan fingerprint density at radius 3 is 2.00 bits per heavy atom. The molecule has 0 spiro atoms. The molecule has 0 aromatic heterocycles. The molecule has 0 bridgehead atoms. The largest absolute Gasteiger partial charge is 0.248 e. The molecule has 0 N–H and O–H groups in total. The van der Waals surface area contributed by atoms with Gasteiger partial charge < -0.3 is 0 Å². The summed E-state index contributed by atoms with van der Waals surface area (Å²) in [5.41, 5.74) is 0. The van der Waals surface area contributed by atoms with Gasteiger partial charge in [-0.2, -0.15) is 0 Å². The van der Waals surface area contributed by atoms with Crippen LogP contribution in [0.15, 0.2) is 0 Å². The molecule has 2 unspecified atom stereocenters. The van der Waals surface area contributed by atoms with Crippen molar-refractivity contribution < 1.29 is 13.2 Å². The molecule has 0 saturated carbocycles. The first-order valence-electron chi connectivity index (χ1n) is 3.83. The number of halogens is 3. The molecule has 2 atom stereocenters. The molecule has 0 aliphatic rings. The summed E-state index contributed by atoms with van der Waals surface area (Å²) in [4.78, 5) is 0. The van der Waals surface area contributed by atoms with Crippen LogP contribution in [-0.2, 0) is 0 Å². The Kier molecular flexibility index (Phi) is 3.90. The van der Waals surface area contributed by atoms with E-state index in [0.717, 1.165) is 6.92 Å². The molecule has 3 heteroatoms. The summed E-state index contributed by atoms with van der Waals surface area (Å²) in [5, 5.41) is 0. The van der Waals surface area contributed by atoms with E-state index in [1.165, 1.54) is 6.92 Å². The SMILES string of the molecule is CC(F)CC(C)CC(C)(F)F. The van der Waals surface area contributed by atoms with Crippen LogP contribution in [0.2, 0.25) is 0 Å². The van der Waals surface area contributed by atoms with Crippen molar-refractivity contribution in [2.75, 3.05) is 0 Å². The maximum atomic E-state index is 12.3. The Labute approximate surface area is 65.8 Å². The maximum Gasteiger partial charge on any atom is 0.245 e. The van der Waals surface area contributed by atoms with Crippen molar-refractivity contribution in [3.63, 3.8) is 0 Å². The van der Waals surface area contributed by atoms with Crippen LogP contribution in [-0.4, -0.2) is 12.1 Å². The third-order valence-electron chi connectivity index (χ3n) is 1.43. The third kappa shape index (κ3) is 7.69. The van der Waals surface area contributed by atoms with E-state index in [9.17, 15) is 13.2 Å². The van der Waals surface area contributed by atoms with Crippen LogP contribution in [0.5, 0.6) is 0 Å². The van der Waals surface area contributed by atoms with Gasteiger partial charge in [-0.1, -0.05) is 6.92 Å². The Hall–Kier alpha value is -0.210. The van der Waals surface area contributed by atoms with Gasteiger partial charge in [0.05, 0.1) is 6.17 Å². The Morgan fingerprint density at radius 1 is 1.27 bits per heavy atom. The fraction of sp³-hybridized carbons (Fsp3) is 1.00. The lowest BCUT2D eigenvalue weighted by Crippen LogP contribution is -2.16. The molecule has 0 fully saturated rings. The first-order valence-corrected chi connectivity index (χ1v) is 3.83. The zero-order valence-electron chi connectivity index (χ0n) is 7.20. The van der Waals surface area contributed by atoms with Crippen LogP contribution < -0.4 is 0 Å². The quantitative estimate of drug-likeness (QED) is 0.603. The van der Waals surface area contributed by atoms with Gasteiger partial charge in [-0.25, -0.2) is 13.2 Å². The highest BCUT2D eigenvalue weighted by atomic mass is 19.3. The van der Waals surface area contributed by atoms with Gasteiger partial charge in [0, 0.05) is 6.42 Å². The number of rotatable bonds is 4. The van der Waals surface area contributed by atoms with Crippen LogP contribution in [0.3, 0.4) is 0 Å². The maximum absolute atomic E-state index is 12.3. The van der Waals surface area contributed by atoms with Crippen molar-refractivity contribution >= 4 is 0 Å². The van der Waals surface area contributed by atoms with E-state index in [1.807, 2.05) is 0 Å². The molecular formula is C8H15F3. The average Bonchev–Trinajstić information content (AvgIpc) is 1.53. The van der Waals surface area contributed by atoms with E-state index in [2.05, 4.69) is 0 Å². The molecule has 0 aromatic carbocycles. The number of hydrogen-bond acceptors (Lipinski definition) is 0. The smallest absolute Gasteiger partial charge is 0.245 e. The molecule has 0 amide bonds. The van der Waals surface area contributed by atoms with Gasteiger partial charge in [0.1, 0.15) is 0 Å². The molecule has 0 aromatic rings. The molecule has 11 heavy (non-hydrogen) atoms. The van der Waals surface area contributed by atoms with Crippen molar-refractivity contribution in [2.45, 2.75) is 45.7 Å². The lowest BCUT2D eigenvalue weighted by molar-refractivity contribution is -0.00450. The summed E-state index contributed by atoms with van der Waals surface area (Å²) >= 11 is 0. The molecular weight excluding hydrogens is 153 g/mol. The van der Waals surface area contributed by atoms with Crippen LogP contribution in [0.25, 0.3) is 0 Å². The lowest BCUT2D eigenvalue weighted by Gasteiger charge is -2.16. The van der Waals surface area contributed by atoms with Gasteiger partial charge in [0.15, 0.2) is 0 Å². The Morgan fingerprint density at radius 2 is 1.73 bits per heavy atom. The van der Waals surface area contributed by atoms with Crippen LogP contribution in [0, 0.1) is 5.92 Å². The third-order valence-corrected chi connectivity index (χ3v) is 1.43. The summed E-state index contributed by atoms with van der Waals surface area (Å²) in [5.74, 6) is -2.90. The summed E-state index contributed by atoms with van der Waals surface area (Å²) in [6.45, 7) is 3.91. The minimum Gasteiger partial charge on any atom is -0.248 e. The molecule has 68 valence electrons. The summed E-state index contributed by atoms with van der Waals surface area (Å²) in [7, 11) is 0. The standard InChI is InChI=1S/C8H15F3/c1-6(4-7(2)9)5-8(3,10)11/h6-7H,4-5H2,1-3H3. The van der Waals surface area contributed by atoms with E-state index in [4.69, 9.17) is 0 Å². The molecule has 0 saturated heterocycles. The highest BCUT2D eigenvalue weighted by Crippen LogP contribution is 2.25. The Bertz CT molecular complexity index is 104. The molecule has 0 nitrogen and oxygen atoms in total. The first kappa shape index (κ1) is 10.8. The van der Waals surface area contributed by atoms with Gasteiger partial charge >= 0.3 is 0 Å². The zero-order valence-corrected chi connectivity index (χ0v) is 7.20. The molecule has 0 radical (unpaired) electrons. The van der Waals surface area contributed by atoms with Gasteiger partial charge in [0.2, 0.25) is 5.92 Å². The second-order valence-electron chi connectivity index (χ2n) is 3.40. The topological polar surface area (TPSA) is 0 Å². The molecule has 0 heterocycles. The average molecular weight is 168 g/mol. The lowest BCUT2D eigenvalue weighted by atomic mass is 9.98. The second-order valence-corrected chi connectivity index (χ2v) is 3.40. The van der Waals surface area contributed by atoms with E-state index in [0.29, 0.717) is 0 Å². The van der Waals surface area contributed by atoms with E-state index >= 15 is 0 Å². The van der Waals surface area contributed by atoms with Gasteiger partial charge in [-0.3, -0.25) is 0 Å². The van der Waals surface area contributed by atoms with Crippen LogP contribution in [0.4, 0.5) is 13.2 Å². The van der Waals surface area contributed by atoms with E-state index < -0.39 is 12.1 Å². The minimum atomic E-state index is -2.66. The predicted octanol–water partition coefficient (Wildman–Crippen LogP) is 3.42. The number of hydrogen-bond donors (Lipinski definition) is 0. The summed E-state index contributed by atoms with van der Waals surface area (Å²) < 4.78 is 36.9. The first-order chi connectivity index (χ1) is 4.81. The molecule has 0 aliphatic carbocycles. The molecule has 0 aliphatic heterocycles. The van der Waals surface area contributed by atoms with Crippen molar-refractivity contribution in [1.82, 2.24) is 0 Å². The monoisotopic (exact) mass is 168 g/mol. The molecule has 0 rings (SSSR count). The van der Waals surface area contributed by atoms with E-state index in [1.54, 1.807) is 6.92 Å². The Balaban J connectivity index is 3.61. The predicted molar refractivity (Wildman–Crippen MR) is 39.6 cm³/mol. The van der Waals surface area contributed by atoms with Crippen LogP contribution in [0.1, 0.15) is 33.6 Å². The second kappa shape index (κ2) is 3.98. The minimum absolute atomic E-state index is 0.221. The van der Waals surface area contributed by atoms with E-state index in [-0.39, 0.29) is 18.8 Å². The summed E-state index contributed by atoms with van der Waals surface area (Å²) in [6, 6.07) is 0. The fourth-order valence-electron chi connectivity index (χ4n) is 1.25. The van der Waals surface area contributed by atoms with Gasteiger partial charge in [-0.15, -0.1) is 0 Å². The van der Waals surface area contributed by atoms with Crippen molar-refractivity contribution in [3.8, 4) is 0 Å². The van der Waals surface area contributed by atoms with Crippen molar-refractivity contribution in [3.05, 3.63) is 0 Å². The van der Waals surface area contributed by atoms with Gasteiger partial charge in [0.25, 0.3) is 0 Å². The zero-order chi connectivity index (χ0) is 9.07.